The van der Waals surface area contributed by atoms with E-state index in [4.69, 9.17) is 5.11 Å². The van der Waals surface area contributed by atoms with Crippen LogP contribution in [0.1, 0.15) is 13.3 Å². The van der Waals surface area contributed by atoms with Crippen molar-refractivity contribution >= 4 is 11.9 Å². The quantitative estimate of drug-likeness (QED) is 0.568. The van der Waals surface area contributed by atoms with Crippen LogP contribution >= 0.6 is 0 Å². The van der Waals surface area contributed by atoms with Crippen molar-refractivity contribution in [2.45, 2.75) is 25.4 Å². The summed E-state index contributed by atoms with van der Waals surface area (Å²) in [4.78, 5) is 24.2. The second-order valence-electron chi connectivity index (χ2n) is 4.02. The topological polar surface area (TPSA) is 81.7 Å². The average molecular weight is 229 g/mol. The fourth-order valence-electron chi connectivity index (χ4n) is 2.03. The minimum absolute atomic E-state index is 0.0630. The molecule has 92 valence electrons. The molecule has 2 atom stereocenters. The van der Waals surface area contributed by atoms with E-state index in [2.05, 4.69) is 10.6 Å². The van der Waals surface area contributed by atoms with Gasteiger partial charge < -0.3 is 15.7 Å². The summed E-state index contributed by atoms with van der Waals surface area (Å²) in [5.41, 5.74) is 0. The lowest BCUT2D eigenvalue weighted by atomic mass is 10.1. The van der Waals surface area contributed by atoms with Crippen LogP contribution in [0, 0.1) is 0 Å². The normalized spacial score (nSPS) is 23.8. The first-order valence-electron chi connectivity index (χ1n) is 5.46. The van der Waals surface area contributed by atoms with E-state index in [9.17, 15) is 9.59 Å². The number of likely N-dealkylation sites (N-methyl/N-ethyl adjacent to an activating group) is 1. The lowest BCUT2D eigenvalue weighted by molar-refractivity contribution is -0.140. The molecule has 1 fully saturated rings. The van der Waals surface area contributed by atoms with E-state index in [1.165, 1.54) is 0 Å². The number of hydrogen-bond donors (Lipinski definition) is 3. The second kappa shape index (κ2) is 5.81. The van der Waals surface area contributed by atoms with E-state index in [0.29, 0.717) is 13.1 Å². The number of aliphatic carboxylic acids is 1. The highest BCUT2D eigenvalue weighted by atomic mass is 16.4. The molecular formula is C10H19N3O3. The Hall–Kier alpha value is -1.14. The number of nitrogens with one attached hydrogen (secondary N) is 2. The van der Waals surface area contributed by atoms with Gasteiger partial charge in [0, 0.05) is 32.7 Å². The Morgan fingerprint density at radius 3 is 2.88 bits per heavy atom. The van der Waals surface area contributed by atoms with Gasteiger partial charge >= 0.3 is 5.97 Å². The van der Waals surface area contributed by atoms with Gasteiger partial charge in [-0.25, -0.2) is 0 Å². The van der Waals surface area contributed by atoms with Crippen LogP contribution in [0.4, 0.5) is 0 Å². The highest BCUT2D eigenvalue weighted by molar-refractivity contribution is 5.82. The van der Waals surface area contributed by atoms with Crippen LogP contribution in [0.25, 0.3) is 0 Å². The number of carboxylic acids is 1. The average Bonchev–Trinajstić information content (AvgIpc) is 2.27. The van der Waals surface area contributed by atoms with Crippen LogP contribution in [0.3, 0.4) is 0 Å². The number of hydrogen-bond acceptors (Lipinski definition) is 4. The fourth-order valence-corrected chi connectivity index (χ4v) is 2.03. The minimum Gasteiger partial charge on any atom is -0.481 e. The molecule has 0 aliphatic carbocycles. The van der Waals surface area contributed by atoms with Gasteiger partial charge in [-0.2, -0.15) is 0 Å². The first kappa shape index (κ1) is 12.9. The molecule has 6 heteroatoms. The van der Waals surface area contributed by atoms with Gasteiger partial charge in [-0.05, 0) is 6.92 Å². The molecule has 1 saturated heterocycles. The van der Waals surface area contributed by atoms with E-state index in [1.807, 2.05) is 11.8 Å². The zero-order chi connectivity index (χ0) is 12.1. The van der Waals surface area contributed by atoms with Crippen LogP contribution < -0.4 is 10.6 Å². The molecule has 1 amide bonds. The summed E-state index contributed by atoms with van der Waals surface area (Å²) in [6.45, 7) is 3.91. The third-order valence-corrected chi connectivity index (χ3v) is 2.87. The van der Waals surface area contributed by atoms with Crippen molar-refractivity contribution in [2.24, 2.45) is 0 Å². The highest BCUT2D eigenvalue weighted by Crippen LogP contribution is 2.11. The molecule has 2 unspecified atom stereocenters. The van der Waals surface area contributed by atoms with Gasteiger partial charge in [-0.3, -0.25) is 14.5 Å². The summed E-state index contributed by atoms with van der Waals surface area (Å²) in [5.74, 6) is -0.897. The van der Waals surface area contributed by atoms with E-state index < -0.39 is 5.97 Å². The monoisotopic (exact) mass is 229 g/mol. The van der Waals surface area contributed by atoms with Crippen molar-refractivity contribution in [1.82, 2.24) is 15.5 Å². The maximum atomic E-state index is 11.6. The number of carboxylic acid groups (broad SMARTS) is 1. The van der Waals surface area contributed by atoms with Crippen LogP contribution in [0.15, 0.2) is 0 Å². The van der Waals surface area contributed by atoms with Gasteiger partial charge in [0.25, 0.3) is 0 Å². The highest BCUT2D eigenvalue weighted by Gasteiger charge is 2.31. The van der Waals surface area contributed by atoms with Gasteiger partial charge in [-0.15, -0.1) is 0 Å². The van der Waals surface area contributed by atoms with Crippen molar-refractivity contribution in [3.63, 3.8) is 0 Å². The van der Waals surface area contributed by atoms with Gasteiger partial charge in [-0.1, -0.05) is 0 Å². The van der Waals surface area contributed by atoms with E-state index in [1.54, 1.807) is 7.05 Å². The van der Waals surface area contributed by atoms with Crippen LogP contribution in [0.2, 0.25) is 0 Å². The SMILES string of the molecule is CNC(=O)C1CNCCN1C(C)CC(=O)O. The molecule has 1 aliphatic rings. The van der Waals surface area contributed by atoms with Crippen LogP contribution in [0.5, 0.6) is 0 Å². The first-order chi connectivity index (χ1) is 7.56. The maximum Gasteiger partial charge on any atom is 0.304 e. The Balaban J connectivity index is 2.65. The lowest BCUT2D eigenvalue weighted by Crippen LogP contribution is -2.60. The van der Waals surface area contributed by atoms with Gasteiger partial charge in [0.15, 0.2) is 0 Å². The molecule has 1 rings (SSSR count). The lowest BCUT2D eigenvalue weighted by Gasteiger charge is -2.38. The van der Waals surface area contributed by atoms with Crippen molar-refractivity contribution in [2.75, 3.05) is 26.7 Å². The summed E-state index contributed by atoms with van der Waals surface area (Å²) in [7, 11) is 1.59. The molecule has 0 radical (unpaired) electrons. The molecule has 0 saturated carbocycles. The number of rotatable bonds is 4. The molecule has 3 N–H and O–H groups in total. The molecule has 0 aromatic heterocycles. The summed E-state index contributed by atoms with van der Waals surface area (Å²) in [6, 6.07) is -0.394. The standard InChI is InChI=1S/C10H19N3O3/c1-7(5-9(14)15)13-4-3-12-6-8(13)10(16)11-2/h7-8,12H,3-6H2,1-2H3,(H,11,16)(H,14,15). The van der Waals surface area contributed by atoms with Crippen molar-refractivity contribution < 1.29 is 14.7 Å². The molecular weight excluding hydrogens is 210 g/mol. The summed E-state index contributed by atoms with van der Waals surface area (Å²) in [5, 5.41) is 14.5. The molecule has 1 heterocycles. The number of nitrogens with zero attached hydrogens (tertiary/aromatic N) is 1. The molecule has 0 bridgehead atoms. The zero-order valence-corrected chi connectivity index (χ0v) is 9.69. The van der Waals surface area contributed by atoms with E-state index in [-0.39, 0.29) is 24.4 Å². The zero-order valence-electron chi connectivity index (χ0n) is 9.69. The number of carbonyl (C=O) groups is 2. The van der Waals surface area contributed by atoms with Crippen molar-refractivity contribution in [3.8, 4) is 0 Å². The van der Waals surface area contributed by atoms with Gasteiger partial charge in [0.1, 0.15) is 6.04 Å². The Bertz CT molecular complexity index is 270. The molecule has 1 aliphatic heterocycles. The Morgan fingerprint density at radius 1 is 1.62 bits per heavy atom. The second-order valence-corrected chi connectivity index (χ2v) is 4.02. The number of carbonyl (C=O) groups excluding carboxylic acids is 1. The molecule has 0 aromatic rings. The predicted molar refractivity (Wildman–Crippen MR) is 59.1 cm³/mol. The van der Waals surface area contributed by atoms with E-state index >= 15 is 0 Å². The van der Waals surface area contributed by atoms with Crippen LogP contribution in [-0.2, 0) is 9.59 Å². The Morgan fingerprint density at radius 2 is 2.31 bits per heavy atom. The third kappa shape index (κ3) is 3.18. The number of piperazine rings is 1. The summed E-state index contributed by atoms with van der Waals surface area (Å²) >= 11 is 0. The smallest absolute Gasteiger partial charge is 0.304 e. The van der Waals surface area contributed by atoms with Crippen LogP contribution in [-0.4, -0.2) is 60.6 Å². The Labute approximate surface area is 95.0 Å². The largest absolute Gasteiger partial charge is 0.481 e. The fraction of sp³-hybridized carbons (Fsp3) is 0.800. The van der Waals surface area contributed by atoms with E-state index in [0.717, 1.165) is 6.54 Å². The summed E-state index contributed by atoms with van der Waals surface area (Å²) in [6.07, 6.45) is 0.0630. The first-order valence-corrected chi connectivity index (χ1v) is 5.46. The Kier molecular flexibility index (Phi) is 4.70. The minimum atomic E-state index is -0.832. The summed E-state index contributed by atoms with van der Waals surface area (Å²) < 4.78 is 0. The number of amides is 1. The molecule has 16 heavy (non-hydrogen) atoms. The molecule has 0 aromatic carbocycles. The maximum absolute atomic E-state index is 11.6. The molecule has 0 spiro atoms. The third-order valence-electron chi connectivity index (χ3n) is 2.87. The van der Waals surface area contributed by atoms with Crippen molar-refractivity contribution in [1.29, 1.82) is 0 Å². The van der Waals surface area contributed by atoms with Crippen molar-refractivity contribution in [3.05, 3.63) is 0 Å². The van der Waals surface area contributed by atoms with Gasteiger partial charge in [0.05, 0.1) is 6.42 Å². The van der Waals surface area contributed by atoms with Gasteiger partial charge in [0.2, 0.25) is 5.91 Å². The molecule has 6 nitrogen and oxygen atoms in total. The predicted octanol–water partition coefficient (Wildman–Crippen LogP) is -1.13.